The molecule has 2 fully saturated rings. The molecular weight excluding hydrogens is 364 g/mol. The van der Waals surface area contributed by atoms with Gasteiger partial charge in [0, 0.05) is 37.7 Å². The highest BCUT2D eigenvalue weighted by molar-refractivity contribution is 6.31. The molecule has 6 heteroatoms. The molecule has 0 unspecified atom stereocenters. The maximum absolute atomic E-state index is 13.2. The molecule has 1 aromatic carbocycles. The number of benzene rings is 1. The summed E-state index contributed by atoms with van der Waals surface area (Å²) < 4.78 is 0. The number of nitrogens with zero attached hydrogens (tertiary/aromatic N) is 2. The molecule has 3 aliphatic carbocycles. The summed E-state index contributed by atoms with van der Waals surface area (Å²) in [4.78, 5) is 29.1. The predicted molar refractivity (Wildman–Crippen MR) is 103 cm³/mol. The van der Waals surface area contributed by atoms with Crippen LogP contribution < -0.4 is 0 Å². The lowest BCUT2D eigenvalue weighted by atomic mass is 9.62. The predicted octanol–water partition coefficient (Wildman–Crippen LogP) is 2.90. The summed E-state index contributed by atoms with van der Waals surface area (Å²) in [6.45, 7) is 3.63. The lowest BCUT2D eigenvalue weighted by Crippen LogP contribution is -2.55. The van der Waals surface area contributed by atoms with Gasteiger partial charge in [0.05, 0.1) is 11.8 Å². The van der Waals surface area contributed by atoms with Crippen LogP contribution in [0.1, 0.15) is 18.4 Å². The number of carboxylic acid groups (broad SMARTS) is 1. The van der Waals surface area contributed by atoms with E-state index in [1.54, 1.807) is 0 Å². The highest BCUT2D eigenvalue weighted by atomic mass is 35.5. The first kappa shape index (κ1) is 18.5. The zero-order valence-electron chi connectivity index (χ0n) is 15.3. The molecule has 1 N–H and O–H groups in total. The number of rotatable bonds is 4. The van der Waals surface area contributed by atoms with Gasteiger partial charge < -0.3 is 10.0 Å². The van der Waals surface area contributed by atoms with Crippen LogP contribution in [0.5, 0.6) is 0 Å². The summed E-state index contributed by atoms with van der Waals surface area (Å²) >= 11 is 6.25. The summed E-state index contributed by atoms with van der Waals surface area (Å²) in [6.07, 6.45) is 5.89. The second kappa shape index (κ2) is 7.64. The number of allylic oxidation sites excluding steroid dienone is 2. The lowest BCUT2D eigenvalue weighted by molar-refractivity contribution is -0.157. The van der Waals surface area contributed by atoms with Gasteiger partial charge in [-0.1, -0.05) is 42.0 Å². The third-order valence-corrected chi connectivity index (χ3v) is 6.72. The number of carbonyl (C=O) groups excluding carboxylic acids is 1. The average Bonchev–Trinajstić information content (AvgIpc) is 2.70. The van der Waals surface area contributed by atoms with Crippen molar-refractivity contribution in [3.63, 3.8) is 0 Å². The Labute approximate surface area is 164 Å². The van der Waals surface area contributed by atoms with Crippen LogP contribution in [0, 0.1) is 23.7 Å². The highest BCUT2D eigenvalue weighted by Crippen LogP contribution is 2.45. The molecule has 1 amide bonds. The fourth-order valence-electron chi connectivity index (χ4n) is 4.87. The molecule has 27 heavy (non-hydrogen) atoms. The first-order valence-electron chi connectivity index (χ1n) is 9.70. The van der Waals surface area contributed by atoms with E-state index in [4.69, 9.17) is 11.6 Å². The van der Waals surface area contributed by atoms with Crippen molar-refractivity contribution in [3.8, 4) is 0 Å². The molecule has 0 aromatic heterocycles. The largest absolute Gasteiger partial charge is 0.481 e. The topological polar surface area (TPSA) is 60.9 Å². The van der Waals surface area contributed by atoms with Crippen LogP contribution in [0.25, 0.3) is 0 Å². The van der Waals surface area contributed by atoms with E-state index >= 15 is 0 Å². The van der Waals surface area contributed by atoms with Crippen LogP contribution in [0.2, 0.25) is 5.02 Å². The number of amides is 1. The van der Waals surface area contributed by atoms with Crippen LogP contribution in [-0.2, 0) is 16.1 Å². The van der Waals surface area contributed by atoms with E-state index in [1.807, 2.05) is 35.2 Å². The monoisotopic (exact) mass is 388 g/mol. The Morgan fingerprint density at radius 2 is 1.63 bits per heavy atom. The normalized spacial score (nSPS) is 30.5. The van der Waals surface area contributed by atoms with Gasteiger partial charge >= 0.3 is 5.97 Å². The van der Waals surface area contributed by atoms with Crippen molar-refractivity contribution in [2.75, 3.05) is 26.2 Å². The van der Waals surface area contributed by atoms with Gasteiger partial charge in [-0.3, -0.25) is 14.5 Å². The number of fused-ring (bicyclic) bond motifs is 2. The van der Waals surface area contributed by atoms with Crippen LogP contribution in [0.4, 0.5) is 0 Å². The molecule has 0 radical (unpaired) electrons. The smallest absolute Gasteiger partial charge is 0.307 e. The number of carboxylic acids is 1. The summed E-state index contributed by atoms with van der Waals surface area (Å²) in [5.41, 5.74) is 1.10. The number of hydrogen-bond acceptors (Lipinski definition) is 3. The lowest BCUT2D eigenvalue weighted by Gasteiger charge is -2.45. The average molecular weight is 389 g/mol. The Bertz CT molecular complexity index is 758. The maximum atomic E-state index is 13.2. The summed E-state index contributed by atoms with van der Waals surface area (Å²) in [7, 11) is 0. The molecule has 5 nitrogen and oxygen atoms in total. The van der Waals surface area contributed by atoms with Crippen molar-refractivity contribution >= 4 is 23.5 Å². The van der Waals surface area contributed by atoms with Crippen LogP contribution >= 0.6 is 11.6 Å². The number of carbonyl (C=O) groups is 2. The van der Waals surface area contributed by atoms with Crippen molar-refractivity contribution in [1.82, 2.24) is 9.80 Å². The van der Waals surface area contributed by atoms with E-state index in [1.165, 1.54) is 0 Å². The highest BCUT2D eigenvalue weighted by Gasteiger charge is 2.49. The van der Waals surface area contributed by atoms with E-state index in [0.29, 0.717) is 13.1 Å². The van der Waals surface area contributed by atoms with Crippen molar-refractivity contribution in [2.45, 2.75) is 19.4 Å². The van der Waals surface area contributed by atoms with Gasteiger partial charge in [-0.2, -0.15) is 0 Å². The molecular formula is C21H25ClN2O3. The third-order valence-electron chi connectivity index (χ3n) is 6.35. The SMILES string of the molecule is O=C(O)[C@@H]1[C@@H](C(=O)N2CCN(Cc3ccccc3Cl)CC2)[C@H]2C=C[C@H]1CC2. The number of hydrogen-bond donors (Lipinski definition) is 1. The molecule has 144 valence electrons. The van der Waals surface area contributed by atoms with E-state index in [-0.39, 0.29) is 17.7 Å². The Balaban J connectivity index is 1.39. The second-order valence-corrected chi connectivity index (χ2v) is 8.28. The number of aliphatic carboxylic acids is 1. The van der Waals surface area contributed by atoms with Gasteiger partial charge in [0.25, 0.3) is 0 Å². The van der Waals surface area contributed by atoms with E-state index in [2.05, 4.69) is 11.0 Å². The Kier molecular flexibility index (Phi) is 5.24. The second-order valence-electron chi connectivity index (χ2n) is 7.87. The molecule has 5 rings (SSSR count). The zero-order valence-corrected chi connectivity index (χ0v) is 16.0. The Morgan fingerprint density at radius 3 is 2.22 bits per heavy atom. The molecule has 1 aliphatic heterocycles. The quantitative estimate of drug-likeness (QED) is 0.806. The molecule has 1 heterocycles. The van der Waals surface area contributed by atoms with Crippen LogP contribution in [-0.4, -0.2) is 53.0 Å². The first-order chi connectivity index (χ1) is 13.0. The Hall–Kier alpha value is -1.85. The fraction of sp³-hybridized carbons (Fsp3) is 0.524. The fourth-order valence-corrected chi connectivity index (χ4v) is 5.07. The van der Waals surface area contributed by atoms with Crippen molar-refractivity contribution in [1.29, 1.82) is 0 Å². The molecule has 1 saturated heterocycles. The minimum atomic E-state index is -0.829. The summed E-state index contributed by atoms with van der Waals surface area (Å²) in [5.74, 6) is -1.69. The molecule has 4 aliphatic rings. The summed E-state index contributed by atoms with van der Waals surface area (Å²) in [6, 6.07) is 7.84. The van der Waals surface area contributed by atoms with Gasteiger partial charge in [-0.25, -0.2) is 0 Å². The number of halogens is 1. The third kappa shape index (κ3) is 3.63. The van der Waals surface area contributed by atoms with Crippen LogP contribution in [0.3, 0.4) is 0 Å². The van der Waals surface area contributed by atoms with E-state index in [9.17, 15) is 14.7 Å². The summed E-state index contributed by atoms with van der Waals surface area (Å²) in [5, 5.41) is 10.5. The standard InChI is InChI=1S/C21H25ClN2O3/c22-17-4-2-1-3-16(17)13-23-9-11-24(12-10-23)20(25)18-14-5-7-15(8-6-14)19(18)21(26)27/h1-5,7,14-15,18-19H,6,8-13H2,(H,26,27)/t14-,15-,18-,19-/m0/s1. The minimum Gasteiger partial charge on any atom is -0.481 e. The number of piperazine rings is 1. The van der Waals surface area contributed by atoms with Gasteiger partial charge in [-0.15, -0.1) is 0 Å². The van der Waals surface area contributed by atoms with Crippen molar-refractivity contribution in [3.05, 3.63) is 47.0 Å². The van der Waals surface area contributed by atoms with Crippen LogP contribution in [0.15, 0.2) is 36.4 Å². The van der Waals surface area contributed by atoms with Crippen molar-refractivity contribution < 1.29 is 14.7 Å². The molecule has 0 spiro atoms. The molecule has 1 saturated carbocycles. The maximum Gasteiger partial charge on any atom is 0.307 e. The van der Waals surface area contributed by atoms with Crippen molar-refractivity contribution in [2.24, 2.45) is 23.7 Å². The Morgan fingerprint density at radius 1 is 1.00 bits per heavy atom. The van der Waals surface area contributed by atoms with Gasteiger partial charge in [0.2, 0.25) is 5.91 Å². The molecule has 2 bridgehead atoms. The van der Waals surface area contributed by atoms with Gasteiger partial charge in [-0.05, 0) is 36.3 Å². The molecule has 4 atom stereocenters. The molecule has 1 aromatic rings. The van der Waals surface area contributed by atoms with Gasteiger partial charge in [0.15, 0.2) is 0 Å². The van der Waals surface area contributed by atoms with E-state index in [0.717, 1.165) is 43.1 Å². The van der Waals surface area contributed by atoms with Gasteiger partial charge in [0.1, 0.15) is 0 Å². The zero-order chi connectivity index (χ0) is 19.0. The first-order valence-corrected chi connectivity index (χ1v) is 10.1. The van der Waals surface area contributed by atoms with E-state index < -0.39 is 17.8 Å². The minimum absolute atomic E-state index is 0.00274.